The van der Waals surface area contributed by atoms with Gasteiger partial charge in [0, 0.05) is 37.8 Å². The van der Waals surface area contributed by atoms with Gasteiger partial charge >= 0.3 is 5.69 Å². The van der Waals surface area contributed by atoms with Crippen molar-refractivity contribution in [3.63, 3.8) is 0 Å². The summed E-state index contributed by atoms with van der Waals surface area (Å²) in [6, 6.07) is 24.6. The van der Waals surface area contributed by atoms with Crippen LogP contribution in [0.25, 0.3) is 16.9 Å². The fraction of sp³-hybridized carbons (Fsp3) is 0.241. The number of amides is 1. The minimum Gasteiger partial charge on any atom is -0.497 e. The molecular weight excluding hydrogens is 468 g/mol. The van der Waals surface area contributed by atoms with Gasteiger partial charge in [-0.05, 0) is 29.8 Å². The van der Waals surface area contributed by atoms with Crippen LogP contribution in [0.4, 0.5) is 0 Å². The van der Waals surface area contributed by atoms with Crippen LogP contribution in [0.15, 0.2) is 83.7 Å². The number of hydrogen-bond acceptors (Lipinski definition) is 5. The maximum atomic E-state index is 14.2. The van der Waals surface area contributed by atoms with E-state index in [0.717, 1.165) is 11.1 Å². The summed E-state index contributed by atoms with van der Waals surface area (Å²) in [5, 5.41) is 3.29. The molecule has 1 N–H and O–H groups in total. The monoisotopic (exact) mass is 498 g/mol. The number of methoxy groups -OCH3 is 2. The number of para-hydroxylation sites is 1. The molecule has 37 heavy (non-hydrogen) atoms. The summed E-state index contributed by atoms with van der Waals surface area (Å²) in [5.74, 6) is 1.06. The Morgan fingerprint density at radius 1 is 0.865 bits per heavy atom. The Balaban J connectivity index is 1.77. The van der Waals surface area contributed by atoms with Gasteiger partial charge in [-0.2, -0.15) is 0 Å². The Bertz CT molecular complexity index is 1420. The van der Waals surface area contributed by atoms with Crippen molar-refractivity contribution in [1.82, 2.24) is 19.4 Å². The van der Waals surface area contributed by atoms with Crippen LogP contribution >= 0.6 is 0 Å². The minimum atomic E-state index is -0.287. The molecule has 5 rings (SSSR count). The second kappa shape index (κ2) is 10.8. The molecule has 1 fully saturated rings. The van der Waals surface area contributed by atoms with Crippen LogP contribution in [-0.4, -0.2) is 60.3 Å². The average Bonchev–Trinajstić information content (AvgIpc) is 3.25. The van der Waals surface area contributed by atoms with E-state index in [1.807, 2.05) is 77.7 Å². The molecule has 1 aliphatic rings. The van der Waals surface area contributed by atoms with E-state index in [1.54, 1.807) is 29.4 Å². The second-order valence-corrected chi connectivity index (χ2v) is 8.87. The van der Waals surface area contributed by atoms with E-state index in [9.17, 15) is 9.59 Å². The van der Waals surface area contributed by atoms with E-state index < -0.39 is 0 Å². The summed E-state index contributed by atoms with van der Waals surface area (Å²) < 4.78 is 14.1. The highest BCUT2D eigenvalue weighted by Gasteiger charge is 2.31. The lowest BCUT2D eigenvalue weighted by atomic mass is 10.1. The number of nitrogens with one attached hydrogen (secondary N) is 1. The van der Waals surface area contributed by atoms with Gasteiger partial charge in [0.1, 0.15) is 17.2 Å². The summed E-state index contributed by atoms with van der Waals surface area (Å²) in [5.41, 5.74) is 2.94. The van der Waals surface area contributed by atoms with Crippen LogP contribution in [0.5, 0.6) is 11.5 Å². The number of rotatable bonds is 7. The topological polar surface area (TPSA) is 77.7 Å². The minimum absolute atomic E-state index is 0.165. The number of benzene rings is 3. The number of imidazole rings is 1. The molecule has 190 valence electrons. The van der Waals surface area contributed by atoms with Gasteiger partial charge in [-0.1, -0.05) is 48.5 Å². The first-order chi connectivity index (χ1) is 18.1. The van der Waals surface area contributed by atoms with Crippen LogP contribution in [-0.2, 0) is 6.54 Å². The summed E-state index contributed by atoms with van der Waals surface area (Å²) in [7, 11) is 3.17. The number of piperazine rings is 1. The van der Waals surface area contributed by atoms with Crippen molar-refractivity contribution in [2.75, 3.05) is 40.4 Å². The second-order valence-electron chi connectivity index (χ2n) is 8.87. The van der Waals surface area contributed by atoms with Crippen molar-refractivity contribution < 1.29 is 14.3 Å². The van der Waals surface area contributed by atoms with Gasteiger partial charge in [0.25, 0.3) is 5.91 Å². The molecule has 1 aromatic heterocycles. The first kappa shape index (κ1) is 24.4. The third-order valence-electron chi connectivity index (χ3n) is 6.56. The summed E-state index contributed by atoms with van der Waals surface area (Å²) in [4.78, 5) is 30.1. The van der Waals surface area contributed by atoms with Crippen molar-refractivity contribution in [1.29, 1.82) is 0 Å². The lowest BCUT2D eigenvalue weighted by Crippen LogP contribution is -2.47. The molecule has 3 aromatic carbocycles. The van der Waals surface area contributed by atoms with Crippen LogP contribution in [0.1, 0.15) is 16.1 Å². The Morgan fingerprint density at radius 3 is 2.05 bits per heavy atom. The lowest BCUT2D eigenvalue weighted by molar-refractivity contribution is 0.0726. The van der Waals surface area contributed by atoms with Crippen LogP contribution in [0, 0.1) is 0 Å². The number of hydrogen-bond donors (Lipinski definition) is 1. The standard InChI is InChI=1S/C29H30N4O4/c1-36-24-17-21(18-25(19-24)37-2)20-32-27(28(34)31-15-13-30-14-16-31)26(22-9-5-3-6-10-22)33(29(32)35)23-11-7-4-8-12-23/h3-12,17-19,30H,13-16,20H2,1-2H3. The molecule has 8 heteroatoms. The number of ether oxygens (including phenoxy) is 2. The first-order valence-electron chi connectivity index (χ1n) is 12.3. The van der Waals surface area contributed by atoms with Gasteiger partial charge in [-0.15, -0.1) is 0 Å². The summed E-state index contributed by atoms with van der Waals surface area (Å²) >= 11 is 0. The van der Waals surface area contributed by atoms with Crippen LogP contribution in [0.2, 0.25) is 0 Å². The van der Waals surface area contributed by atoms with E-state index in [4.69, 9.17) is 9.47 Å². The highest BCUT2D eigenvalue weighted by atomic mass is 16.5. The molecule has 0 bridgehead atoms. The first-order valence-corrected chi connectivity index (χ1v) is 12.3. The predicted octanol–water partition coefficient (Wildman–Crippen LogP) is 3.42. The SMILES string of the molecule is COc1cc(Cn2c(C(=O)N3CCNCC3)c(-c3ccccc3)n(-c3ccccc3)c2=O)cc(OC)c1. The largest absolute Gasteiger partial charge is 0.497 e. The zero-order chi connectivity index (χ0) is 25.8. The smallest absolute Gasteiger partial charge is 0.334 e. The number of carbonyl (C=O) groups excluding carboxylic acids is 1. The van der Waals surface area contributed by atoms with Gasteiger partial charge in [0.05, 0.1) is 32.1 Å². The Hall–Kier alpha value is -4.30. The third kappa shape index (κ3) is 4.88. The number of carbonyl (C=O) groups is 1. The Labute approximate surface area is 215 Å². The molecule has 8 nitrogen and oxygen atoms in total. The summed E-state index contributed by atoms with van der Waals surface area (Å²) in [6.45, 7) is 2.75. The molecule has 2 heterocycles. The van der Waals surface area contributed by atoms with Crippen molar-refractivity contribution in [3.05, 3.63) is 101 Å². The van der Waals surface area contributed by atoms with Gasteiger partial charge in [-0.25, -0.2) is 4.79 Å². The highest BCUT2D eigenvalue weighted by molar-refractivity contribution is 5.99. The fourth-order valence-electron chi connectivity index (χ4n) is 4.75. The molecule has 0 radical (unpaired) electrons. The van der Waals surface area contributed by atoms with Crippen LogP contribution in [0.3, 0.4) is 0 Å². The highest BCUT2D eigenvalue weighted by Crippen LogP contribution is 2.29. The molecule has 0 unspecified atom stereocenters. The van der Waals surface area contributed by atoms with Crippen molar-refractivity contribution in [3.8, 4) is 28.4 Å². The quantitative estimate of drug-likeness (QED) is 0.423. The maximum absolute atomic E-state index is 14.2. The Kier molecular flexibility index (Phi) is 7.09. The van der Waals surface area contributed by atoms with Gasteiger partial charge in [0.2, 0.25) is 0 Å². The van der Waals surface area contributed by atoms with E-state index in [-0.39, 0.29) is 18.1 Å². The van der Waals surface area contributed by atoms with E-state index in [1.165, 1.54) is 0 Å². The zero-order valence-corrected chi connectivity index (χ0v) is 21.0. The molecule has 1 aliphatic heterocycles. The van der Waals surface area contributed by atoms with E-state index in [2.05, 4.69) is 5.32 Å². The van der Waals surface area contributed by atoms with Crippen molar-refractivity contribution >= 4 is 5.91 Å². The van der Waals surface area contributed by atoms with E-state index in [0.29, 0.717) is 54.8 Å². The van der Waals surface area contributed by atoms with Crippen LogP contribution < -0.4 is 20.5 Å². The predicted molar refractivity (Wildman–Crippen MR) is 143 cm³/mol. The number of nitrogens with zero attached hydrogens (tertiary/aromatic N) is 3. The molecule has 0 saturated carbocycles. The normalized spacial score (nSPS) is 13.4. The molecule has 0 atom stereocenters. The third-order valence-corrected chi connectivity index (χ3v) is 6.56. The number of aromatic nitrogens is 2. The fourth-order valence-corrected chi connectivity index (χ4v) is 4.75. The Morgan fingerprint density at radius 2 is 1.46 bits per heavy atom. The van der Waals surface area contributed by atoms with Gasteiger partial charge in [0.15, 0.2) is 0 Å². The van der Waals surface area contributed by atoms with Gasteiger partial charge < -0.3 is 19.7 Å². The maximum Gasteiger partial charge on any atom is 0.334 e. The lowest BCUT2D eigenvalue weighted by Gasteiger charge is -2.28. The molecule has 4 aromatic rings. The van der Waals surface area contributed by atoms with E-state index >= 15 is 0 Å². The summed E-state index contributed by atoms with van der Waals surface area (Å²) in [6.07, 6.45) is 0. The average molecular weight is 499 g/mol. The van der Waals surface area contributed by atoms with Crippen molar-refractivity contribution in [2.45, 2.75) is 6.54 Å². The van der Waals surface area contributed by atoms with Gasteiger partial charge in [-0.3, -0.25) is 13.9 Å². The zero-order valence-electron chi connectivity index (χ0n) is 21.0. The molecule has 0 spiro atoms. The molecular formula is C29H30N4O4. The molecule has 0 aliphatic carbocycles. The molecule has 1 amide bonds. The van der Waals surface area contributed by atoms with Crippen molar-refractivity contribution in [2.24, 2.45) is 0 Å². The molecule has 1 saturated heterocycles.